The predicted octanol–water partition coefficient (Wildman–Crippen LogP) is 3.30. The van der Waals surface area contributed by atoms with Gasteiger partial charge >= 0.3 is 0 Å². The lowest BCUT2D eigenvalue weighted by atomic mass is 10.1. The molecule has 3 aromatic rings. The Balaban J connectivity index is 1.84. The zero-order valence-electron chi connectivity index (χ0n) is 13.6. The van der Waals surface area contributed by atoms with Gasteiger partial charge in [0.1, 0.15) is 11.6 Å². The van der Waals surface area contributed by atoms with Gasteiger partial charge in [-0.05, 0) is 17.7 Å². The summed E-state index contributed by atoms with van der Waals surface area (Å²) in [5.41, 5.74) is 2.55. The molecule has 0 fully saturated rings. The van der Waals surface area contributed by atoms with E-state index >= 15 is 0 Å². The molecule has 6 heteroatoms. The highest BCUT2D eigenvalue weighted by molar-refractivity contribution is 5.64. The van der Waals surface area contributed by atoms with Crippen molar-refractivity contribution in [1.82, 2.24) is 9.97 Å². The van der Waals surface area contributed by atoms with Crippen LogP contribution in [0.3, 0.4) is 0 Å². The first kappa shape index (κ1) is 16.9. The van der Waals surface area contributed by atoms with Gasteiger partial charge in [-0.25, -0.2) is 9.37 Å². The summed E-state index contributed by atoms with van der Waals surface area (Å²) in [7, 11) is 0. The second kappa shape index (κ2) is 8.21. The van der Waals surface area contributed by atoms with Crippen LogP contribution >= 0.6 is 0 Å². The Morgan fingerprint density at radius 2 is 1.76 bits per heavy atom. The number of nitrogens with zero attached hydrogens (tertiary/aromatic N) is 2. The monoisotopic (exact) mass is 338 g/mol. The molecule has 25 heavy (non-hydrogen) atoms. The number of anilines is 2. The molecule has 1 aromatic heterocycles. The largest absolute Gasteiger partial charge is 0.395 e. The summed E-state index contributed by atoms with van der Waals surface area (Å²) >= 11 is 0. The lowest BCUT2D eigenvalue weighted by molar-refractivity contribution is 0.311. The third-order valence-electron chi connectivity index (χ3n) is 3.55. The standard InChI is InChI=1S/C19H19FN4O/c20-16-8-4-5-14(11-16)13-22-18-12-17(15-6-2-1-3-7-15)23-19(24-18)21-9-10-25/h1-8,11-12,25H,9-10,13H2,(H2,21,22,23,24). The van der Waals surface area contributed by atoms with E-state index in [9.17, 15) is 4.39 Å². The maximum absolute atomic E-state index is 13.3. The lowest BCUT2D eigenvalue weighted by Gasteiger charge is -2.11. The van der Waals surface area contributed by atoms with Crippen molar-refractivity contribution in [2.45, 2.75) is 6.54 Å². The first-order valence-electron chi connectivity index (χ1n) is 8.02. The Hall–Kier alpha value is -2.99. The Morgan fingerprint density at radius 3 is 2.52 bits per heavy atom. The molecule has 0 saturated heterocycles. The molecule has 3 N–H and O–H groups in total. The maximum atomic E-state index is 13.3. The van der Waals surface area contributed by atoms with Crippen LogP contribution in [0.2, 0.25) is 0 Å². The summed E-state index contributed by atoms with van der Waals surface area (Å²) in [5, 5.41) is 15.2. The highest BCUT2D eigenvalue weighted by Gasteiger charge is 2.07. The quantitative estimate of drug-likeness (QED) is 0.617. The molecule has 0 aliphatic heterocycles. The zero-order valence-corrected chi connectivity index (χ0v) is 13.6. The van der Waals surface area contributed by atoms with Crippen molar-refractivity contribution in [2.24, 2.45) is 0 Å². The smallest absolute Gasteiger partial charge is 0.225 e. The van der Waals surface area contributed by atoms with Gasteiger partial charge in [0.2, 0.25) is 5.95 Å². The molecule has 1 heterocycles. The van der Waals surface area contributed by atoms with Gasteiger partial charge in [-0.1, -0.05) is 42.5 Å². The minimum Gasteiger partial charge on any atom is -0.395 e. The topological polar surface area (TPSA) is 70.1 Å². The van der Waals surface area contributed by atoms with E-state index < -0.39 is 0 Å². The van der Waals surface area contributed by atoms with Crippen molar-refractivity contribution >= 4 is 11.8 Å². The third-order valence-corrected chi connectivity index (χ3v) is 3.55. The number of halogens is 1. The van der Waals surface area contributed by atoms with Gasteiger partial charge in [0.15, 0.2) is 0 Å². The SMILES string of the molecule is OCCNc1nc(NCc2cccc(F)c2)cc(-c2ccccc2)n1. The van der Waals surface area contributed by atoms with Crippen LogP contribution in [-0.4, -0.2) is 28.2 Å². The fourth-order valence-corrected chi connectivity index (χ4v) is 2.38. The summed E-state index contributed by atoms with van der Waals surface area (Å²) in [6.45, 7) is 0.801. The molecule has 0 radical (unpaired) electrons. The lowest BCUT2D eigenvalue weighted by Crippen LogP contribution is -2.11. The van der Waals surface area contributed by atoms with E-state index in [1.54, 1.807) is 6.07 Å². The van der Waals surface area contributed by atoms with Gasteiger partial charge in [0.25, 0.3) is 0 Å². The second-order valence-corrected chi connectivity index (χ2v) is 5.46. The maximum Gasteiger partial charge on any atom is 0.225 e. The van der Waals surface area contributed by atoms with E-state index in [0.717, 1.165) is 16.8 Å². The summed E-state index contributed by atoms with van der Waals surface area (Å²) in [6, 6.07) is 18.0. The molecule has 5 nitrogen and oxygen atoms in total. The molecule has 0 aliphatic rings. The average molecular weight is 338 g/mol. The number of benzene rings is 2. The van der Waals surface area contributed by atoms with Crippen LogP contribution in [0, 0.1) is 5.82 Å². The Morgan fingerprint density at radius 1 is 0.920 bits per heavy atom. The van der Waals surface area contributed by atoms with Crippen LogP contribution in [-0.2, 0) is 6.54 Å². The van der Waals surface area contributed by atoms with E-state index in [4.69, 9.17) is 5.11 Å². The molecule has 0 atom stereocenters. The fourth-order valence-electron chi connectivity index (χ4n) is 2.38. The minimum absolute atomic E-state index is 0.00895. The van der Waals surface area contributed by atoms with Crippen molar-refractivity contribution in [3.05, 3.63) is 72.0 Å². The third kappa shape index (κ3) is 4.74. The molecular weight excluding hydrogens is 319 g/mol. The van der Waals surface area contributed by atoms with Crippen molar-refractivity contribution < 1.29 is 9.50 Å². The Bertz CT molecular complexity index is 827. The number of hydrogen-bond donors (Lipinski definition) is 3. The molecule has 0 bridgehead atoms. The number of aliphatic hydroxyl groups is 1. The second-order valence-electron chi connectivity index (χ2n) is 5.46. The molecule has 0 saturated carbocycles. The van der Waals surface area contributed by atoms with Crippen LogP contribution in [0.25, 0.3) is 11.3 Å². The van der Waals surface area contributed by atoms with Crippen LogP contribution in [0.5, 0.6) is 0 Å². The Labute approximate surface area is 145 Å². The van der Waals surface area contributed by atoms with Gasteiger partial charge in [0, 0.05) is 24.7 Å². The number of hydrogen-bond acceptors (Lipinski definition) is 5. The molecule has 128 valence electrons. The Kier molecular flexibility index (Phi) is 5.53. The highest BCUT2D eigenvalue weighted by Crippen LogP contribution is 2.21. The molecule has 0 amide bonds. The highest BCUT2D eigenvalue weighted by atomic mass is 19.1. The zero-order chi connectivity index (χ0) is 17.5. The molecule has 0 spiro atoms. The van der Waals surface area contributed by atoms with Gasteiger partial charge in [0.05, 0.1) is 12.3 Å². The fraction of sp³-hybridized carbons (Fsp3) is 0.158. The van der Waals surface area contributed by atoms with Gasteiger partial charge < -0.3 is 15.7 Å². The molecule has 3 rings (SSSR count). The van der Waals surface area contributed by atoms with Crippen molar-refractivity contribution in [1.29, 1.82) is 0 Å². The molecule has 2 aromatic carbocycles. The predicted molar refractivity (Wildman–Crippen MR) is 96.8 cm³/mol. The molecule has 0 unspecified atom stereocenters. The van der Waals surface area contributed by atoms with E-state index in [2.05, 4.69) is 20.6 Å². The first-order valence-corrected chi connectivity index (χ1v) is 8.02. The normalized spacial score (nSPS) is 10.5. The van der Waals surface area contributed by atoms with Gasteiger partial charge in [-0.3, -0.25) is 0 Å². The van der Waals surface area contributed by atoms with Gasteiger partial charge in [-0.15, -0.1) is 0 Å². The number of aliphatic hydroxyl groups excluding tert-OH is 1. The molecular formula is C19H19FN4O. The average Bonchev–Trinajstić information content (AvgIpc) is 2.65. The van der Waals surface area contributed by atoms with Crippen molar-refractivity contribution in [3.63, 3.8) is 0 Å². The summed E-state index contributed by atoms with van der Waals surface area (Å²) in [6.07, 6.45) is 0. The number of aromatic nitrogens is 2. The van der Waals surface area contributed by atoms with Crippen molar-refractivity contribution in [3.8, 4) is 11.3 Å². The first-order chi connectivity index (χ1) is 12.2. The summed E-state index contributed by atoms with van der Waals surface area (Å²) in [5.74, 6) is 0.785. The van der Waals surface area contributed by atoms with Crippen LogP contribution in [0.15, 0.2) is 60.7 Å². The van der Waals surface area contributed by atoms with E-state index in [1.807, 2.05) is 42.5 Å². The number of nitrogens with one attached hydrogen (secondary N) is 2. The summed E-state index contributed by atoms with van der Waals surface area (Å²) < 4.78 is 13.3. The van der Waals surface area contributed by atoms with E-state index in [1.165, 1.54) is 12.1 Å². The molecule has 0 aliphatic carbocycles. The van der Waals surface area contributed by atoms with E-state index in [-0.39, 0.29) is 12.4 Å². The number of rotatable bonds is 7. The van der Waals surface area contributed by atoms with Crippen LogP contribution in [0.4, 0.5) is 16.2 Å². The van der Waals surface area contributed by atoms with Gasteiger partial charge in [-0.2, -0.15) is 4.98 Å². The van der Waals surface area contributed by atoms with Crippen LogP contribution in [0.1, 0.15) is 5.56 Å². The summed E-state index contributed by atoms with van der Waals surface area (Å²) in [4.78, 5) is 8.87. The van der Waals surface area contributed by atoms with E-state index in [0.29, 0.717) is 24.9 Å². The van der Waals surface area contributed by atoms with Crippen molar-refractivity contribution in [2.75, 3.05) is 23.8 Å². The minimum atomic E-state index is -0.266. The van der Waals surface area contributed by atoms with Crippen LogP contribution < -0.4 is 10.6 Å².